The molecule has 2 rings (SSSR count). The number of nitrogens with two attached hydrogens (primary N) is 1. The number of benzene rings is 2. The Kier molecular flexibility index (Phi) is 3.80. The van der Waals surface area contributed by atoms with Gasteiger partial charge in [0.1, 0.15) is 17.3 Å². The molecule has 19 heavy (non-hydrogen) atoms. The lowest BCUT2D eigenvalue weighted by Crippen LogP contribution is -2.15. The molecule has 0 bridgehead atoms. The van der Waals surface area contributed by atoms with Crippen LogP contribution >= 0.6 is 15.9 Å². The summed E-state index contributed by atoms with van der Waals surface area (Å²) >= 11 is 3.13. The number of nitrogen functional groups attached to an aromatic ring is 1. The van der Waals surface area contributed by atoms with Crippen molar-refractivity contribution in [2.24, 2.45) is 0 Å². The van der Waals surface area contributed by atoms with E-state index >= 15 is 0 Å². The van der Waals surface area contributed by atoms with Gasteiger partial charge in [-0.1, -0.05) is 6.07 Å². The summed E-state index contributed by atoms with van der Waals surface area (Å²) in [6.07, 6.45) is 0. The van der Waals surface area contributed by atoms with E-state index < -0.39 is 17.5 Å². The highest BCUT2D eigenvalue weighted by molar-refractivity contribution is 9.10. The molecule has 0 aliphatic rings. The van der Waals surface area contributed by atoms with E-state index in [1.807, 2.05) is 0 Å². The molecule has 0 saturated heterocycles. The quantitative estimate of drug-likeness (QED) is 0.829. The normalized spacial score (nSPS) is 10.3. The van der Waals surface area contributed by atoms with Crippen molar-refractivity contribution >= 4 is 33.2 Å². The monoisotopic (exact) mass is 326 g/mol. The van der Waals surface area contributed by atoms with Crippen LogP contribution in [-0.4, -0.2) is 5.91 Å². The van der Waals surface area contributed by atoms with Gasteiger partial charge >= 0.3 is 0 Å². The molecule has 0 saturated carbocycles. The van der Waals surface area contributed by atoms with Crippen LogP contribution in [0.4, 0.5) is 20.2 Å². The van der Waals surface area contributed by atoms with Gasteiger partial charge in [0, 0.05) is 4.47 Å². The van der Waals surface area contributed by atoms with Crippen molar-refractivity contribution in [2.45, 2.75) is 0 Å². The topological polar surface area (TPSA) is 55.1 Å². The Morgan fingerprint density at radius 3 is 2.63 bits per heavy atom. The predicted octanol–water partition coefficient (Wildman–Crippen LogP) is 3.56. The molecule has 0 atom stereocenters. The molecule has 0 aromatic heterocycles. The first kappa shape index (κ1) is 13.5. The molecular formula is C13H9BrF2N2O. The highest BCUT2D eigenvalue weighted by Gasteiger charge is 2.15. The minimum absolute atomic E-state index is 0.0580. The van der Waals surface area contributed by atoms with Crippen molar-refractivity contribution in [3.63, 3.8) is 0 Å². The summed E-state index contributed by atoms with van der Waals surface area (Å²) in [4.78, 5) is 12.0. The smallest absolute Gasteiger partial charge is 0.257 e. The lowest BCUT2D eigenvalue weighted by atomic mass is 10.2. The number of hydrogen-bond donors (Lipinski definition) is 2. The van der Waals surface area contributed by atoms with E-state index in [0.717, 1.165) is 6.07 Å². The van der Waals surface area contributed by atoms with Crippen molar-refractivity contribution in [2.75, 3.05) is 11.1 Å². The zero-order valence-electron chi connectivity index (χ0n) is 9.58. The van der Waals surface area contributed by atoms with E-state index in [1.54, 1.807) is 0 Å². The Balaban J connectivity index is 2.34. The van der Waals surface area contributed by atoms with Crippen LogP contribution in [-0.2, 0) is 0 Å². The highest BCUT2D eigenvalue weighted by atomic mass is 79.9. The molecule has 98 valence electrons. The van der Waals surface area contributed by atoms with Gasteiger partial charge in [0.2, 0.25) is 0 Å². The van der Waals surface area contributed by atoms with Crippen LogP contribution in [0.1, 0.15) is 10.4 Å². The van der Waals surface area contributed by atoms with E-state index in [2.05, 4.69) is 21.2 Å². The summed E-state index contributed by atoms with van der Waals surface area (Å²) in [6.45, 7) is 0. The average Bonchev–Trinajstić information content (AvgIpc) is 2.37. The van der Waals surface area contributed by atoms with E-state index in [1.165, 1.54) is 30.3 Å². The fraction of sp³-hybridized carbons (Fsp3) is 0. The molecule has 2 aromatic rings. The lowest BCUT2D eigenvalue weighted by molar-refractivity contribution is 0.102. The number of carbonyl (C=O) groups is 1. The third-order valence-corrected chi connectivity index (χ3v) is 3.15. The van der Waals surface area contributed by atoms with Gasteiger partial charge in [-0.3, -0.25) is 4.79 Å². The molecule has 0 heterocycles. The van der Waals surface area contributed by atoms with Crippen LogP contribution in [0, 0.1) is 11.6 Å². The Labute approximate surface area is 116 Å². The van der Waals surface area contributed by atoms with E-state index in [4.69, 9.17) is 5.73 Å². The second kappa shape index (κ2) is 5.36. The Morgan fingerprint density at radius 2 is 1.95 bits per heavy atom. The molecule has 0 unspecified atom stereocenters. The fourth-order valence-corrected chi connectivity index (χ4v) is 1.95. The highest BCUT2D eigenvalue weighted by Crippen LogP contribution is 2.24. The van der Waals surface area contributed by atoms with Gasteiger partial charge in [-0.25, -0.2) is 8.78 Å². The molecule has 0 spiro atoms. The second-order valence-corrected chi connectivity index (χ2v) is 4.64. The predicted molar refractivity (Wildman–Crippen MR) is 72.9 cm³/mol. The third kappa shape index (κ3) is 2.90. The zero-order valence-corrected chi connectivity index (χ0v) is 11.2. The van der Waals surface area contributed by atoms with Gasteiger partial charge in [-0.05, 0) is 46.3 Å². The van der Waals surface area contributed by atoms with Crippen molar-refractivity contribution in [1.82, 2.24) is 0 Å². The number of carbonyl (C=O) groups excluding carboxylic acids is 1. The zero-order chi connectivity index (χ0) is 14.0. The van der Waals surface area contributed by atoms with Crippen molar-refractivity contribution < 1.29 is 13.6 Å². The molecule has 0 radical (unpaired) electrons. The first-order valence-electron chi connectivity index (χ1n) is 5.29. The molecule has 2 aromatic carbocycles. The number of nitrogens with one attached hydrogen (secondary N) is 1. The van der Waals surface area contributed by atoms with Gasteiger partial charge in [0.15, 0.2) is 0 Å². The van der Waals surface area contributed by atoms with Crippen LogP contribution in [0.25, 0.3) is 0 Å². The van der Waals surface area contributed by atoms with E-state index in [0.29, 0.717) is 4.47 Å². The van der Waals surface area contributed by atoms with Crippen LogP contribution in [0.2, 0.25) is 0 Å². The molecule has 0 aliphatic carbocycles. The summed E-state index contributed by atoms with van der Waals surface area (Å²) in [7, 11) is 0. The van der Waals surface area contributed by atoms with Crippen LogP contribution in [0.3, 0.4) is 0 Å². The Bertz CT molecular complexity index is 626. The van der Waals surface area contributed by atoms with Crippen molar-refractivity contribution in [1.29, 1.82) is 0 Å². The second-order valence-electron chi connectivity index (χ2n) is 3.78. The maximum absolute atomic E-state index is 13.5. The number of amides is 1. The maximum Gasteiger partial charge on any atom is 0.257 e. The van der Waals surface area contributed by atoms with Crippen LogP contribution in [0.15, 0.2) is 40.9 Å². The van der Waals surface area contributed by atoms with E-state index in [-0.39, 0.29) is 16.9 Å². The van der Waals surface area contributed by atoms with Crippen LogP contribution < -0.4 is 11.1 Å². The largest absolute Gasteiger partial charge is 0.397 e. The van der Waals surface area contributed by atoms with Gasteiger partial charge in [-0.2, -0.15) is 0 Å². The molecule has 1 amide bonds. The maximum atomic E-state index is 13.5. The number of halogens is 3. The van der Waals surface area contributed by atoms with E-state index in [9.17, 15) is 13.6 Å². The van der Waals surface area contributed by atoms with Gasteiger partial charge in [0.05, 0.1) is 11.3 Å². The molecule has 3 N–H and O–H groups in total. The summed E-state index contributed by atoms with van der Waals surface area (Å²) in [6, 6.07) is 7.72. The van der Waals surface area contributed by atoms with Crippen molar-refractivity contribution in [3.05, 3.63) is 58.1 Å². The van der Waals surface area contributed by atoms with Crippen LogP contribution in [0.5, 0.6) is 0 Å². The molecular weight excluding hydrogens is 318 g/mol. The molecule has 0 fully saturated rings. The first-order chi connectivity index (χ1) is 8.99. The van der Waals surface area contributed by atoms with Gasteiger partial charge in [0.25, 0.3) is 5.91 Å². The summed E-state index contributed by atoms with van der Waals surface area (Å²) in [5.41, 5.74) is 5.61. The Morgan fingerprint density at radius 1 is 1.21 bits per heavy atom. The van der Waals surface area contributed by atoms with Gasteiger partial charge in [-0.15, -0.1) is 0 Å². The molecule has 3 nitrogen and oxygen atoms in total. The lowest BCUT2D eigenvalue weighted by Gasteiger charge is -2.10. The first-order valence-corrected chi connectivity index (χ1v) is 6.08. The Hall–Kier alpha value is -1.95. The average molecular weight is 327 g/mol. The number of anilines is 2. The minimum atomic E-state index is -0.652. The summed E-state index contributed by atoms with van der Waals surface area (Å²) in [5, 5.41) is 2.33. The van der Waals surface area contributed by atoms with Gasteiger partial charge < -0.3 is 11.1 Å². The molecule has 0 aliphatic heterocycles. The number of rotatable bonds is 2. The standard InChI is InChI=1S/C13H9BrF2N2O/c14-9-5-4-7(15)6-8(9)13(19)18-12-10(16)2-1-3-11(12)17/h1-6H,17H2,(H,18,19). The summed E-state index contributed by atoms with van der Waals surface area (Å²) in [5.74, 6) is -1.86. The third-order valence-electron chi connectivity index (χ3n) is 2.46. The minimum Gasteiger partial charge on any atom is -0.397 e. The summed E-state index contributed by atoms with van der Waals surface area (Å²) < 4.78 is 27.0. The molecule has 6 heteroatoms. The SMILES string of the molecule is Nc1cccc(F)c1NC(=O)c1cc(F)ccc1Br. The number of para-hydroxylation sites is 1. The number of hydrogen-bond acceptors (Lipinski definition) is 2. The van der Waals surface area contributed by atoms with Crippen molar-refractivity contribution in [3.8, 4) is 0 Å². The fourth-order valence-electron chi connectivity index (χ4n) is 1.53.